The molecule has 19 heavy (non-hydrogen) atoms. The molecule has 0 amide bonds. The molecule has 0 bridgehead atoms. The predicted octanol–water partition coefficient (Wildman–Crippen LogP) is 2.45. The first-order valence-corrected chi connectivity index (χ1v) is 8.21. The Labute approximate surface area is 119 Å². The van der Waals surface area contributed by atoms with Crippen LogP contribution in [0, 0.1) is 0 Å². The van der Waals surface area contributed by atoms with Crippen LogP contribution in [-0.2, 0) is 0 Å². The summed E-state index contributed by atoms with van der Waals surface area (Å²) in [4.78, 5) is 5.28. The van der Waals surface area contributed by atoms with Gasteiger partial charge in [0.25, 0.3) is 0 Å². The maximum absolute atomic E-state index is 6.12. The highest BCUT2D eigenvalue weighted by atomic mass is 15.3. The van der Waals surface area contributed by atoms with E-state index in [1.807, 2.05) is 0 Å². The molecule has 0 aromatic carbocycles. The highest BCUT2D eigenvalue weighted by molar-refractivity contribution is 4.96. The first-order chi connectivity index (χ1) is 9.04. The predicted molar refractivity (Wildman–Crippen MR) is 82.4 cm³/mol. The Balaban J connectivity index is 2.19. The number of rotatable bonds is 2. The van der Waals surface area contributed by atoms with Crippen LogP contribution in [-0.4, -0.2) is 54.1 Å². The highest BCUT2D eigenvalue weighted by Gasteiger charge is 2.39. The van der Waals surface area contributed by atoms with E-state index >= 15 is 0 Å². The van der Waals surface area contributed by atoms with Crippen molar-refractivity contribution in [1.29, 1.82) is 0 Å². The van der Waals surface area contributed by atoms with Gasteiger partial charge < -0.3 is 10.6 Å². The van der Waals surface area contributed by atoms with Crippen molar-refractivity contribution in [2.24, 2.45) is 5.73 Å². The minimum absolute atomic E-state index is 0.295. The lowest BCUT2D eigenvalue weighted by Crippen LogP contribution is -2.57. The maximum Gasteiger partial charge on any atom is 0.0353 e. The van der Waals surface area contributed by atoms with Gasteiger partial charge in [-0.1, -0.05) is 25.7 Å². The average molecular weight is 267 g/mol. The summed E-state index contributed by atoms with van der Waals surface area (Å²) in [5.74, 6) is 0. The maximum atomic E-state index is 6.12. The molecule has 112 valence electrons. The molecule has 0 aromatic rings. The van der Waals surface area contributed by atoms with Crippen LogP contribution in [0.5, 0.6) is 0 Å². The second-order valence-electron chi connectivity index (χ2n) is 7.27. The van der Waals surface area contributed by atoms with Crippen LogP contribution in [0.1, 0.15) is 58.8 Å². The van der Waals surface area contributed by atoms with Gasteiger partial charge in [-0.05, 0) is 46.7 Å². The minimum Gasteiger partial charge on any atom is -0.329 e. The molecular formula is C16H33N3. The second-order valence-corrected chi connectivity index (χ2v) is 7.27. The summed E-state index contributed by atoms with van der Waals surface area (Å²) in [7, 11) is 2.25. The molecule has 1 aliphatic heterocycles. The fourth-order valence-electron chi connectivity index (χ4n) is 4.14. The lowest BCUT2D eigenvalue weighted by Gasteiger charge is -2.47. The fourth-order valence-corrected chi connectivity index (χ4v) is 4.14. The largest absolute Gasteiger partial charge is 0.329 e. The third-order valence-corrected chi connectivity index (χ3v) is 5.21. The lowest BCUT2D eigenvalue weighted by molar-refractivity contribution is 0.0246. The molecule has 2 N–H and O–H groups in total. The van der Waals surface area contributed by atoms with E-state index in [0.29, 0.717) is 11.6 Å². The lowest BCUT2D eigenvalue weighted by atomic mass is 9.92. The van der Waals surface area contributed by atoms with Gasteiger partial charge >= 0.3 is 0 Å². The van der Waals surface area contributed by atoms with Crippen LogP contribution in [0.3, 0.4) is 0 Å². The van der Waals surface area contributed by atoms with E-state index in [1.165, 1.54) is 51.5 Å². The molecule has 1 aliphatic carbocycles. The second kappa shape index (κ2) is 6.55. The van der Waals surface area contributed by atoms with Gasteiger partial charge in [-0.2, -0.15) is 0 Å². The molecule has 1 saturated heterocycles. The van der Waals surface area contributed by atoms with Gasteiger partial charge in [0, 0.05) is 30.7 Å². The number of nitrogens with two attached hydrogens (primary N) is 1. The zero-order chi connectivity index (χ0) is 13.9. The van der Waals surface area contributed by atoms with Crippen molar-refractivity contribution < 1.29 is 0 Å². The van der Waals surface area contributed by atoms with Crippen molar-refractivity contribution in [3.63, 3.8) is 0 Å². The Morgan fingerprint density at radius 3 is 2.32 bits per heavy atom. The molecule has 0 spiro atoms. The summed E-state index contributed by atoms with van der Waals surface area (Å²) in [6.07, 6.45) is 9.69. The van der Waals surface area contributed by atoms with Crippen LogP contribution in [0.4, 0.5) is 0 Å². The van der Waals surface area contributed by atoms with E-state index in [-0.39, 0.29) is 0 Å². The van der Waals surface area contributed by atoms with Crippen LogP contribution in [0.2, 0.25) is 0 Å². The number of hydrogen-bond donors (Lipinski definition) is 1. The summed E-state index contributed by atoms with van der Waals surface area (Å²) in [6.45, 7) is 7.99. The Kier molecular flexibility index (Phi) is 5.27. The number of hydrogen-bond acceptors (Lipinski definition) is 3. The molecule has 1 saturated carbocycles. The molecule has 1 heterocycles. The molecule has 2 aliphatic rings. The van der Waals surface area contributed by atoms with Gasteiger partial charge in [-0.15, -0.1) is 0 Å². The SMILES string of the molecule is CN1CCC(C)(C)N(C2CCCCCC2)C(CN)C1. The number of nitrogens with zero attached hydrogens (tertiary/aromatic N) is 2. The van der Waals surface area contributed by atoms with Gasteiger partial charge in [0.2, 0.25) is 0 Å². The monoisotopic (exact) mass is 267 g/mol. The van der Waals surface area contributed by atoms with E-state index in [2.05, 4.69) is 30.7 Å². The Morgan fingerprint density at radius 2 is 1.74 bits per heavy atom. The van der Waals surface area contributed by atoms with Crippen molar-refractivity contribution in [3.05, 3.63) is 0 Å². The Hall–Kier alpha value is -0.120. The third-order valence-electron chi connectivity index (χ3n) is 5.21. The van der Waals surface area contributed by atoms with Crippen LogP contribution < -0.4 is 5.73 Å². The Morgan fingerprint density at radius 1 is 1.11 bits per heavy atom. The summed E-state index contributed by atoms with van der Waals surface area (Å²) in [5.41, 5.74) is 6.42. The standard InChI is InChI=1S/C16H33N3/c1-16(2)10-11-18(3)13-15(12-17)19(16)14-8-6-4-5-7-9-14/h14-15H,4-13,17H2,1-3H3. The van der Waals surface area contributed by atoms with Crippen molar-refractivity contribution >= 4 is 0 Å². The van der Waals surface area contributed by atoms with Gasteiger partial charge in [-0.25, -0.2) is 0 Å². The van der Waals surface area contributed by atoms with Crippen molar-refractivity contribution in [1.82, 2.24) is 9.80 Å². The van der Waals surface area contributed by atoms with E-state index < -0.39 is 0 Å². The highest BCUT2D eigenvalue weighted by Crippen LogP contribution is 2.33. The van der Waals surface area contributed by atoms with E-state index in [1.54, 1.807) is 0 Å². The van der Waals surface area contributed by atoms with E-state index in [0.717, 1.165) is 19.1 Å². The molecule has 0 aromatic heterocycles. The van der Waals surface area contributed by atoms with Crippen molar-refractivity contribution in [2.45, 2.75) is 76.4 Å². The van der Waals surface area contributed by atoms with Gasteiger partial charge in [-0.3, -0.25) is 4.90 Å². The van der Waals surface area contributed by atoms with Crippen LogP contribution >= 0.6 is 0 Å². The molecular weight excluding hydrogens is 234 g/mol. The summed E-state index contributed by atoms with van der Waals surface area (Å²) in [5, 5.41) is 0. The van der Waals surface area contributed by atoms with Crippen molar-refractivity contribution in [3.8, 4) is 0 Å². The molecule has 1 unspecified atom stereocenters. The van der Waals surface area contributed by atoms with E-state index in [9.17, 15) is 0 Å². The topological polar surface area (TPSA) is 32.5 Å². The zero-order valence-corrected chi connectivity index (χ0v) is 13.2. The first-order valence-electron chi connectivity index (χ1n) is 8.21. The first kappa shape index (κ1) is 15.3. The minimum atomic E-state index is 0.295. The molecule has 2 rings (SSSR count). The summed E-state index contributed by atoms with van der Waals surface area (Å²) < 4.78 is 0. The summed E-state index contributed by atoms with van der Waals surface area (Å²) in [6, 6.07) is 1.29. The zero-order valence-electron chi connectivity index (χ0n) is 13.2. The molecule has 3 nitrogen and oxygen atoms in total. The van der Waals surface area contributed by atoms with Crippen LogP contribution in [0.25, 0.3) is 0 Å². The molecule has 2 fully saturated rings. The number of likely N-dealkylation sites (N-methyl/N-ethyl adjacent to an activating group) is 1. The molecule has 0 radical (unpaired) electrons. The fraction of sp³-hybridized carbons (Fsp3) is 1.00. The molecule has 3 heteroatoms. The van der Waals surface area contributed by atoms with E-state index in [4.69, 9.17) is 5.73 Å². The van der Waals surface area contributed by atoms with Gasteiger partial charge in [0.1, 0.15) is 0 Å². The quantitative estimate of drug-likeness (QED) is 0.780. The van der Waals surface area contributed by atoms with Crippen molar-refractivity contribution in [2.75, 3.05) is 26.7 Å². The normalized spacial score (nSPS) is 31.9. The summed E-state index contributed by atoms with van der Waals surface area (Å²) >= 11 is 0. The smallest absolute Gasteiger partial charge is 0.0353 e. The molecule has 1 atom stereocenters. The van der Waals surface area contributed by atoms with Crippen LogP contribution in [0.15, 0.2) is 0 Å². The van der Waals surface area contributed by atoms with Gasteiger partial charge in [0.05, 0.1) is 0 Å². The third kappa shape index (κ3) is 3.71. The van der Waals surface area contributed by atoms with Gasteiger partial charge in [0.15, 0.2) is 0 Å². The Bertz CT molecular complexity index is 269. The average Bonchev–Trinajstić information content (AvgIpc) is 2.68.